The molecular formula is C13H26N4O2. The van der Waals surface area contributed by atoms with Gasteiger partial charge in [-0.05, 0) is 24.7 Å². The molecule has 1 heterocycles. The molecule has 0 aliphatic heterocycles. The Kier molecular flexibility index (Phi) is 6.97. The van der Waals surface area contributed by atoms with Crippen molar-refractivity contribution < 1.29 is 10.2 Å². The van der Waals surface area contributed by atoms with Crippen LogP contribution in [0.25, 0.3) is 0 Å². The van der Waals surface area contributed by atoms with Gasteiger partial charge in [0.2, 0.25) is 0 Å². The molecule has 0 aromatic carbocycles. The minimum Gasteiger partial charge on any atom is -0.396 e. The van der Waals surface area contributed by atoms with E-state index in [2.05, 4.69) is 29.5 Å². The van der Waals surface area contributed by atoms with E-state index < -0.39 is 0 Å². The van der Waals surface area contributed by atoms with E-state index in [9.17, 15) is 0 Å². The molecule has 0 amide bonds. The van der Waals surface area contributed by atoms with Gasteiger partial charge in [0.05, 0.1) is 5.69 Å². The Morgan fingerprint density at radius 3 is 2.68 bits per heavy atom. The summed E-state index contributed by atoms with van der Waals surface area (Å²) in [6.07, 6.45) is 4.44. The molecule has 6 nitrogen and oxygen atoms in total. The third kappa shape index (κ3) is 6.66. The minimum absolute atomic E-state index is 0.173. The van der Waals surface area contributed by atoms with Gasteiger partial charge in [-0.2, -0.15) is 0 Å². The fourth-order valence-electron chi connectivity index (χ4n) is 1.94. The Hall–Kier alpha value is -0.980. The van der Waals surface area contributed by atoms with Crippen LogP contribution in [-0.2, 0) is 13.1 Å². The number of rotatable bonds is 10. The maximum atomic E-state index is 8.85. The van der Waals surface area contributed by atoms with Crippen molar-refractivity contribution in [2.75, 3.05) is 19.8 Å². The minimum atomic E-state index is 0.173. The molecule has 0 saturated carbocycles. The fraction of sp³-hybridized carbons (Fsp3) is 0.846. The predicted molar refractivity (Wildman–Crippen MR) is 73.5 cm³/mol. The van der Waals surface area contributed by atoms with Gasteiger partial charge in [0.1, 0.15) is 0 Å². The summed E-state index contributed by atoms with van der Waals surface area (Å²) in [5.74, 6) is 0. The molecule has 0 radical (unpaired) electrons. The van der Waals surface area contributed by atoms with Crippen LogP contribution in [0.1, 0.15) is 38.8 Å². The molecular weight excluding hydrogens is 244 g/mol. The molecule has 0 aliphatic rings. The molecule has 1 rings (SSSR count). The Bertz CT molecular complexity index is 352. The van der Waals surface area contributed by atoms with Crippen LogP contribution in [0.2, 0.25) is 0 Å². The SMILES string of the molecule is CC(C)(CCCO)CNCc1cn(CCCO)nn1. The van der Waals surface area contributed by atoms with E-state index in [4.69, 9.17) is 10.2 Å². The second-order valence-corrected chi connectivity index (χ2v) is 5.65. The Balaban J connectivity index is 2.26. The van der Waals surface area contributed by atoms with Gasteiger partial charge < -0.3 is 15.5 Å². The van der Waals surface area contributed by atoms with Crippen molar-refractivity contribution in [3.8, 4) is 0 Å². The first-order valence-corrected chi connectivity index (χ1v) is 6.89. The van der Waals surface area contributed by atoms with E-state index in [1.165, 1.54) is 0 Å². The number of hydrogen-bond acceptors (Lipinski definition) is 5. The molecule has 0 spiro atoms. The molecule has 3 N–H and O–H groups in total. The van der Waals surface area contributed by atoms with Crippen molar-refractivity contribution in [3.63, 3.8) is 0 Å². The van der Waals surface area contributed by atoms with Gasteiger partial charge >= 0.3 is 0 Å². The van der Waals surface area contributed by atoms with E-state index in [0.29, 0.717) is 19.5 Å². The molecule has 19 heavy (non-hydrogen) atoms. The zero-order chi connectivity index (χ0) is 14.1. The summed E-state index contributed by atoms with van der Waals surface area (Å²) in [6.45, 7) is 7.08. The Morgan fingerprint density at radius 2 is 2.00 bits per heavy atom. The number of aliphatic hydroxyl groups excluding tert-OH is 2. The van der Waals surface area contributed by atoms with Gasteiger partial charge in [0.25, 0.3) is 0 Å². The van der Waals surface area contributed by atoms with Gasteiger partial charge in [-0.1, -0.05) is 19.1 Å². The zero-order valence-corrected chi connectivity index (χ0v) is 12.0. The quantitative estimate of drug-likeness (QED) is 0.578. The van der Waals surface area contributed by atoms with Crippen molar-refractivity contribution in [2.45, 2.75) is 46.2 Å². The Labute approximate surface area is 114 Å². The first-order chi connectivity index (χ1) is 9.07. The Morgan fingerprint density at radius 1 is 1.26 bits per heavy atom. The standard InChI is InChI=1S/C13H26N4O2/c1-13(2,5-3-7-18)11-14-9-12-10-17(16-15-12)6-4-8-19/h10,14,18-19H,3-9,11H2,1-2H3. The molecule has 0 bridgehead atoms. The lowest BCUT2D eigenvalue weighted by Crippen LogP contribution is -2.29. The van der Waals surface area contributed by atoms with Crippen LogP contribution in [0.3, 0.4) is 0 Å². The normalized spacial score (nSPS) is 12.0. The van der Waals surface area contributed by atoms with E-state index in [1.807, 2.05) is 6.20 Å². The maximum Gasteiger partial charge on any atom is 0.0964 e. The van der Waals surface area contributed by atoms with E-state index in [-0.39, 0.29) is 18.6 Å². The highest BCUT2D eigenvalue weighted by molar-refractivity contribution is 4.91. The summed E-state index contributed by atoms with van der Waals surface area (Å²) in [5, 5.41) is 29.0. The van der Waals surface area contributed by atoms with E-state index in [0.717, 1.165) is 25.1 Å². The van der Waals surface area contributed by atoms with Gasteiger partial charge in [-0.25, -0.2) is 0 Å². The monoisotopic (exact) mass is 270 g/mol. The van der Waals surface area contributed by atoms with Crippen LogP contribution in [0.15, 0.2) is 6.20 Å². The predicted octanol–water partition coefficient (Wildman–Crippen LogP) is 0.549. The summed E-state index contributed by atoms with van der Waals surface area (Å²) in [5.41, 5.74) is 1.09. The molecule has 0 aliphatic carbocycles. The van der Waals surface area contributed by atoms with E-state index in [1.54, 1.807) is 4.68 Å². The summed E-state index contributed by atoms with van der Waals surface area (Å²) >= 11 is 0. The van der Waals surface area contributed by atoms with Crippen LogP contribution < -0.4 is 5.32 Å². The molecule has 110 valence electrons. The topological polar surface area (TPSA) is 83.2 Å². The number of aromatic nitrogens is 3. The van der Waals surface area contributed by atoms with Crippen LogP contribution in [0, 0.1) is 5.41 Å². The average Bonchev–Trinajstić information content (AvgIpc) is 2.82. The van der Waals surface area contributed by atoms with Gasteiger partial charge in [-0.15, -0.1) is 5.10 Å². The number of nitrogens with zero attached hydrogens (tertiary/aromatic N) is 3. The van der Waals surface area contributed by atoms with Crippen molar-refractivity contribution in [3.05, 3.63) is 11.9 Å². The molecule has 0 unspecified atom stereocenters. The number of hydrogen-bond donors (Lipinski definition) is 3. The molecule has 1 aromatic heterocycles. The van der Waals surface area contributed by atoms with Crippen molar-refractivity contribution in [1.29, 1.82) is 0 Å². The van der Waals surface area contributed by atoms with Crippen LogP contribution in [0.5, 0.6) is 0 Å². The second-order valence-electron chi connectivity index (χ2n) is 5.65. The van der Waals surface area contributed by atoms with Gasteiger partial charge in [0.15, 0.2) is 0 Å². The largest absolute Gasteiger partial charge is 0.396 e. The third-order valence-electron chi connectivity index (χ3n) is 3.05. The molecule has 6 heteroatoms. The summed E-state index contributed by atoms with van der Waals surface area (Å²) in [4.78, 5) is 0. The molecule has 0 atom stereocenters. The lowest BCUT2D eigenvalue weighted by atomic mass is 9.88. The van der Waals surface area contributed by atoms with Crippen molar-refractivity contribution in [1.82, 2.24) is 20.3 Å². The van der Waals surface area contributed by atoms with Crippen molar-refractivity contribution >= 4 is 0 Å². The van der Waals surface area contributed by atoms with Crippen LogP contribution >= 0.6 is 0 Å². The van der Waals surface area contributed by atoms with Gasteiger partial charge in [0, 0.05) is 39.0 Å². The summed E-state index contributed by atoms with van der Waals surface area (Å²) in [6, 6.07) is 0. The van der Waals surface area contributed by atoms with Crippen molar-refractivity contribution in [2.24, 2.45) is 5.41 Å². The highest BCUT2D eigenvalue weighted by Crippen LogP contribution is 2.20. The van der Waals surface area contributed by atoms with Crippen LogP contribution in [-0.4, -0.2) is 45.0 Å². The summed E-state index contributed by atoms with van der Waals surface area (Å²) in [7, 11) is 0. The lowest BCUT2D eigenvalue weighted by Gasteiger charge is -2.24. The summed E-state index contributed by atoms with van der Waals surface area (Å²) < 4.78 is 1.75. The first kappa shape index (κ1) is 16.1. The highest BCUT2D eigenvalue weighted by atomic mass is 16.3. The first-order valence-electron chi connectivity index (χ1n) is 6.89. The number of aliphatic hydroxyl groups is 2. The highest BCUT2D eigenvalue weighted by Gasteiger charge is 2.16. The molecule has 1 aromatic rings. The third-order valence-corrected chi connectivity index (χ3v) is 3.05. The average molecular weight is 270 g/mol. The smallest absolute Gasteiger partial charge is 0.0964 e. The maximum absolute atomic E-state index is 8.85. The van der Waals surface area contributed by atoms with Crippen LogP contribution in [0.4, 0.5) is 0 Å². The van der Waals surface area contributed by atoms with E-state index >= 15 is 0 Å². The van der Waals surface area contributed by atoms with Gasteiger partial charge in [-0.3, -0.25) is 4.68 Å². The molecule has 0 saturated heterocycles. The zero-order valence-electron chi connectivity index (χ0n) is 12.0. The molecule has 0 fully saturated rings. The lowest BCUT2D eigenvalue weighted by molar-refractivity contribution is 0.236. The number of nitrogens with one attached hydrogen (secondary N) is 1. The fourth-order valence-corrected chi connectivity index (χ4v) is 1.94. The second kappa shape index (κ2) is 8.24. The number of aryl methyl sites for hydroxylation is 1.